The minimum atomic E-state index is -0.396. The summed E-state index contributed by atoms with van der Waals surface area (Å²) in [5.74, 6) is -1.10. The number of nitrogens with one attached hydrogen (secondary N) is 3. The van der Waals surface area contributed by atoms with Crippen molar-refractivity contribution in [2.24, 2.45) is 0 Å². The van der Waals surface area contributed by atoms with E-state index in [0.29, 0.717) is 10.7 Å². The fourth-order valence-electron chi connectivity index (χ4n) is 2.90. The van der Waals surface area contributed by atoms with Crippen molar-refractivity contribution < 1.29 is 14.0 Å². The Morgan fingerprint density at radius 1 is 0.800 bits per heavy atom. The quantitative estimate of drug-likeness (QED) is 0.512. The second kappa shape index (κ2) is 10.5. The predicted octanol–water partition coefficient (Wildman–Crippen LogP) is 3.91. The molecule has 154 valence electrons. The maximum atomic E-state index is 12.9. The van der Waals surface area contributed by atoms with Crippen LogP contribution in [0.15, 0.2) is 78.9 Å². The molecule has 0 aliphatic carbocycles. The summed E-state index contributed by atoms with van der Waals surface area (Å²) in [6.07, 6.45) is 0. The molecule has 0 bridgehead atoms. The summed E-state index contributed by atoms with van der Waals surface area (Å²) in [5, 5.41) is 9.02. The molecule has 0 saturated heterocycles. The number of halogens is 2. The van der Waals surface area contributed by atoms with Crippen LogP contribution in [-0.2, 0) is 9.59 Å². The summed E-state index contributed by atoms with van der Waals surface area (Å²) in [6.45, 7) is -0.166. The van der Waals surface area contributed by atoms with Gasteiger partial charge in [0.05, 0.1) is 19.1 Å². The lowest BCUT2D eigenvalue weighted by Gasteiger charge is -2.20. The van der Waals surface area contributed by atoms with Crippen LogP contribution in [0.5, 0.6) is 0 Å². The molecule has 0 radical (unpaired) electrons. The molecule has 30 heavy (non-hydrogen) atoms. The topological polar surface area (TPSA) is 70.2 Å². The van der Waals surface area contributed by atoms with E-state index in [4.69, 9.17) is 11.6 Å². The maximum absolute atomic E-state index is 12.9. The van der Waals surface area contributed by atoms with E-state index in [1.807, 2.05) is 42.5 Å². The van der Waals surface area contributed by atoms with Crippen molar-refractivity contribution in [2.75, 3.05) is 18.4 Å². The standard InChI is InChI=1S/C23H21ClFN3O2/c24-18-8-6-17(7-9-18)23(16-4-2-1-3-5-16)27-14-21(29)26-15-22(30)28-20-12-10-19(25)11-13-20/h1-13,23,27H,14-15H2,(H,26,29)(H,28,30)/t23-/m1/s1. The molecule has 0 fully saturated rings. The molecule has 3 rings (SSSR count). The van der Waals surface area contributed by atoms with E-state index in [2.05, 4.69) is 16.0 Å². The molecule has 0 spiro atoms. The molecule has 0 aliphatic heterocycles. The number of hydrogen-bond donors (Lipinski definition) is 3. The average Bonchev–Trinajstić information content (AvgIpc) is 2.76. The zero-order valence-electron chi connectivity index (χ0n) is 16.1. The zero-order chi connectivity index (χ0) is 21.3. The fraction of sp³-hybridized carbons (Fsp3) is 0.130. The number of carbonyl (C=O) groups excluding carboxylic acids is 2. The van der Waals surface area contributed by atoms with Crippen molar-refractivity contribution in [1.82, 2.24) is 10.6 Å². The van der Waals surface area contributed by atoms with Crippen molar-refractivity contribution >= 4 is 29.1 Å². The number of carbonyl (C=O) groups is 2. The van der Waals surface area contributed by atoms with E-state index in [1.54, 1.807) is 12.1 Å². The molecule has 3 N–H and O–H groups in total. The molecule has 0 unspecified atom stereocenters. The Kier molecular flexibility index (Phi) is 7.54. The molecule has 5 nitrogen and oxygen atoms in total. The van der Waals surface area contributed by atoms with Gasteiger partial charge in [0.15, 0.2) is 0 Å². The van der Waals surface area contributed by atoms with Crippen LogP contribution in [0.2, 0.25) is 5.02 Å². The molecular weight excluding hydrogens is 405 g/mol. The van der Waals surface area contributed by atoms with Crippen molar-refractivity contribution in [2.45, 2.75) is 6.04 Å². The molecule has 2 amide bonds. The van der Waals surface area contributed by atoms with Crippen molar-refractivity contribution in [3.05, 3.63) is 101 Å². The van der Waals surface area contributed by atoms with Gasteiger partial charge in [0, 0.05) is 10.7 Å². The van der Waals surface area contributed by atoms with Crippen LogP contribution in [0.3, 0.4) is 0 Å². The molecule has 3 aromatic rings. The SMILES string of the molecule is O=C(CN[C@H](c1ccccc1)c1ccc(Cl)cc1)NCC(=O)Nc1ccc(F)cc1. The molecule has 0 saturated carbocycles. The first-order valence-electron chi connectivity index (χ1n) is 9.37. The average molecular weight is 426 g/mol. The molecule has 1 atom stereocenters. The van der Waals surface area contributed by atoms with E-state index < -0.39 is 5.91 Å². The summed E-state index contributed by atoms with van der Waals surface area (Å²) in [4.78, 5) is 24.2. The van der Waals surface area contributed by atoms with Gasteiger partial charge in [-0.05, 0) is 47.5 Å². The van der Waals surface area contributed by atoms with Crippen LogP contribution < -0.4 is 16.0 Å². The monoisotopic (exact) mass is 425 g/mol. The lowest BCUT2D eigenvalue weighted by molar-refractivity contribution is -0.123. The second-order valence-electron chi connectivity index (χ2n) is 6.61. The van der Waals surface area contributed by atoms with E-state index in [1.165, 1.54) is 24.3 Å². The normalized spacial score (nSPS) is 11.5. The van der Waals surface area contributed by atoms with E-state index in [9.17, 15) is 14.0 Å². The largest absolute Gasteiger partial charge is 0.346 e. The van der Waals surface area contributed by atoms with Crippen LogP contribution in [0.4, 0.5) is 10.1 Å². The molecule has 0 aromatic heterocycles. The second-order valence-corrected chi connectivity index (χ2v) is 7.04. The maximum Gasteiger partial charge on any atom is 0.243 e. The van der Waals surface area contributed by atoms with Gasteiger partial charge in [-0.2, -0.15) is 0 Å². The summed E-state index contributed by atoms with van der Waals surface area (Å²) >= 11 is 5.99. The number of anilines is 1. The first-order valence-corrected chi connectivity index (χ1v) is 9.75. The van der Waals surface area contributed by atoms with E-state index in [-0.39, 0.29) is 30.9 Å². The highest BCUT2D eigenvalue weighted by atomic mass is 35.5. The minimum absolute atomic E-state index is 0.0199. The van der Waals surface area contributed by atoms with Gasteiger partial charge in [-0.25, -0.2) is 4.39 Å². The van der Waals surface area contributed by atoms with Gasteiger partial charge in [0.25, 0.3) is 0 Å². The highest BCUT2D eigenvalue weighted by Gasteiger charge is 2.15. The minimum Gasteiger partial charge on any atom is -0.346 e. The van der Waals surface area contributed by atoms with Gasteiger partial charge < -0.3 is 10.6 Å². The highest BCUT2D eigenvalue weighted by molar-refractivity contribution is 6.30. The molecule has 0 aliphatic rings. The van der Waals surface area contributed by atoms with Crippen molar-refractivity contribution in [3.8, 4) is 0 Å². The first kappa shape index (κ1) is 21.5. The fourth-order valence-corrected chi connectivity index (χ4v) is 3.03. The third-order valence-corrected chi connectivity index (χ3v) is 4.63. The smallest absolute Gasteiger partial charge is 0.243 e. The van der Waals surface area contributed by atoms with Crippen LogP contribution in [0.25, 0.3) is 0 Å². The van der Waals surface area contributed by atoms with E-state index >= 15 is 0 Å². The van der Waals surface area contributed by atoms with Gasteiger partial charge in [-0.15, -0.1) is 0 Å². The summed E-state index contributed by atoms with van der Waals surface area (Å²) < 4.78 is 12.9. The first-order chi connectivity index (χ1) is 14.5. The van der Waals surface area contributed by atoms with E-state index in [0.717, 1.165) is 11.1 Å². The lowest BCUT2D eigenvalue weighted by atomic mass is 9.99. The third kappa shape index (κ3) is 6.40. The van der Waals surface area contributed by atoms with Gasteiger partial charge >= 0.3 is 0 Å². The molecule has 3 aromatic carbocycles. The van der Waals surface area contributed by atoms with Crippen LogP contribution in [0, 0.1) is 5.82 Å². The van der Waals surface area contributed by atoms with Gasteiger partial charge in [-0.1, -0.05) is 54.1 Å². The van der Waals surface area contributed by atoms with Gasteiger partial charge in [-0.3, -0.25) is 14.9 Å². The predicted molar refractivity (Wildman–Crippen MR) is 116 cm³/mol. The Hall–Kier alpha value is -3.22. The summed E-state index contributed by atoms with van der Waals surface area (Å²) in [7, 11) is 0. The molecule has 7 heteroatoms. The lowest BCUT2D eigenvalue weighted by Crippen LogP contribution is -2.39. The van der Waals surface area contributed by atoms with Gasteiger partial charge in [0.1, 0.15) is 5.82 Å². The Balaban J connectivity index is 1.54. The van der Waals surface area contributed by atoms with Gasteiger partial charge in [0.2, 0.25) is 11.8 Å². The Bertz CT molecular complexity index is 980. The number of rotatable bonds is 8. The number of benzene rings is 3. The van der Waals surface area contributed by atoms with Crippen LogP contribution >= 0.6 is 11.6 Å². The Morgan fingerprint density at radius 2 is 1.43 bits per heavy atom. The summed E-state index contributed by atoms with van der Waals surface area (Å²) in [5.41, 5.74) is 2.43. The highest BCUT2D eigenvalue weighted by Crippen LogP contribution is 2.23. The molecular formula is C23H21ClFN3O2. The number of amides is 2. The van der Waals surface area contributed by atoms with Crippen LogP contribution in [0.1, 0.15) is 17.2 Å². The number of hydrogen-bond acceptors (Lipinski definition) is 3. The Labute approximate surface area is 179 Å². The Morgan fingerprint density at radius 3 is 2.10 bits per heavy atom. The summed E-state index contributed by atoms with van der Waals surface area (Å²) in [6, 6.07) is 22.3. The molecule has 0 heterocycles. The van der Waals surface area contributed by atoms with Crippen molar-refractivity contribution in [3.63, 3.8) is 0 Å². The van der Waals surface area contributed by atoms with Crippen molar-refractivity contribution in [1.29, 1.82) is 0 Å². The third-order valence-electron chi connectivity index (χ3n) is 4.38. The van der Waals surface area contributed by atoms with Crippen LogP contribution in [-0.4, -0.2) is 24.9 Å². The zero-order valence-corrected chi connectivity index (χ0v) is 16.8.